The van der Waals surface area contributed by atoms with Crippen LogP contribution in [0.25, 0.3) is 0 Å². The van der Waals surface area contributed by atoms with Crippen molar-refractivity contribution in [2.45, 2.75) is 25.9 Å². The van der Waals surface area contributed by atoms with Crippen molar-refractivity contribution < 1.29 is 38.3 Å². The van der Waals surface area contributed by atoms with Gasteiger partial charge in [0.2, 0.25) is 0 Å². The van der Waals surface area contributed by atoms with Crippen LogP contribution in [0.2, 0.25) is 0 Å². The van der Waals surface area contributed by atoms with Gasteiger partial charge in [-0.1, -0.05) is 84.9 Å². The van der Waals surface area contributed by atoms with Crippen LogP contribution in [0.15, 0.2) is 132 Å². The Kier molecular flexibility index (Phi) is 11.0. The van der Waals surface area contributed by atoms with E-state index in [-0.39, 0.29) is 50.9 Å². The summed E-state index contributed by atoms with van der Waals surface area (Å²) in [6.07, 6.45) is 0.760. The molecule has 10 nitrogen and oxygen atoms in total. The molecule has 4 aromatic rings. The van der Waals surface area contributed by atoms with Gasteiger partial charge in [0.1, 0.15) is 36.1 Å². The normalized spacial score (nSPS) is 14.7. The molecule has 4 N–H and O–H groups in total. The standard InChI is InChI=1S/C36H38N2O8S/c39-19-17-27-9-7-11-29(21-27)23-37-33(25-45-31-13-3-1-4-14-31)35(41)36(42)34(26-46-32-15-5-2-6-16-32)38(47(37,43)44)24-30-12-8-10-28(22-30)18-20-40/h1-16,21-22,39-42H,17-20,23-26H2. The van der Waals surface area contributed by atoms with E-state index in [0.29, 0.717) is 35.5 Å². The third-order valence-corrected chi connectivity index (χ3v) is 9.42. The fourth-order valence-corrected chi connectivity index (χ4v) is 6.93. The number of rotatable bonds is 14. The van der Waals surface area contributed by atoms with Crippen LogP contribution >= 0.6 is 0 Å². The second kappa shape index (κ2) is 15.5. The van der Waals surface area contributed by atoms with Crippen LogP contribution in [-0.2, 0) is 36.1 Å². The van der Waals surface area contributed by atoms with Crippen LogP contribution in [0.5, 0.6) is 11.5 Å². The lowest BCUT2D eigenvalue weighted by Gasteiger charge is -2.33. The Morgan fingerprint density at radius 3 is 1.30 bits per heavy atom. The topological polar surface area (TPSA) is 140 Å². The molecule has 0 radical (unpaired) electrons. The first kappa shape index (κ1) is 33.4. The Hall–Kier alpha value is -4.97. The number of aliphatic hydroxyl groups is 4. The molecule has 0 fully saturated rings. The van der Waals surface area contributed by atoms with Crippen molar-refractivity contribution in [3.8, 4) is 11.5 Å². The summed E-state index contributed by atoms with van der Waals surface area (Å²) < 4.78 is 43.7. The number of nitrogens with zero attached hydrogens (tertiary/aromatic N) is 2. The molecule has 4 aromatic carbocycles. The maximum Gasteiger partial charge on any atom is 0.327 e. The van der Waals surface area contributed by atoms with E-state index in [1.54, 1.807) is 84.9 Å². The molecule has 0 aromatic heterocycles. The monoisotopic (exact) mass is 658 g/mol. The molecule has 1 heterocycles. The highest BCUT2D eigenvalue weighted by Gasteiger charge is 2.41. The molecule has 0 bridgehead atoms. The van der Waals surface area contributed by atoms with Crippen LogP contribution in [-0.4, -0.2) is 63.9 Å². The molecular formula is C36H38N2O8S. The lowest BCUT2D eigenvalue weighted by molar-refractivity contribution is 0.263. The van der Waals surface area contributed by atoms with Gasteiger partial charge in [0.15, 0.2) is 11.5 Å². The van der Waals surface area contributed by atoms with Crippen molar-refractivity contribution in [1.82, 2.24) is 8.61 Å². The van der Waals surface area contributed by atoms with E-state index in [1.807, 2.05) is 24.3 Å². The van der Waals surface area contributed by atoms with Crippen LogP contribution in [0.3, 0.4) is 0 Å². The maximum absolute atomic E-state index is 14.9. The molecule has 5 rings (SSSR count). The summed E-state index contributed by atoms with van der Waals surface area (Å²) in [5, 5.41) is 42.2. The van der Waals surface area contributed by atoms with Crippen LogP contribution in [0.4, 0.5) is 0 Å². The minimum atomic E-state index is -4.55. The minimum Gasteiger partial charge on any atom is -0.503 e. The molecule has 0 saturated carbocycles. The SMILES string of the molecule is O=S1(=O)N(Cc2cccc(CCO)c2)C(COc2ccccc2)=C(O)C(O)=C(COc2ccccc2)N1Cc1cccc(CCO)c1. The highest BCUT2D eigenvalue weighted by molar-refractivity contribution is 7.87. The average molecular weight is 659 g/mol. The van der Waals surface area contributed by atoms with E-state index in [4.69, 9.17) is 9.47 Å². The second-order valence-electron chi connectivity index (χ2n) is 10.9. The van der Waals surface area contributed by atoms with Crippen molar-refractivity contribution in [2.24, 2.45) is 0 Å². The van der Waals surface area contributed by atoms with E-state index in [9.17, 15) is 28.8 Å². The summed E-state index contributed by atoms with van der Waals surface area (Å²) in [7, 11) is -4.55. The van der Waals surface area contributed by atoms with Gasteiger partial charge in [-0.25, -0.2) is 8.61 Å². The van der Waals surface area contributed by atoms with Crippen LogP contribution in [0, 0.1) is 0 Å². The highest BCUT2D eigenvalue weighted by Crippen LogP contribution is 2.34. The van der Waals surface area contributed by atoms with Gasteiger partial charge in [-0.3, -0.25) is 0 Å². The molecule has 246 valence electrons. The lowest BCUT2D eigenvalue weighted by Crippen LogP contribution is -2.43. The Morgan fingerprint density at radius 1 is 0.532 bits per heavy atom. The third kappa shape index (κ3) is 8.25. The van der Waals surface area contributed by atoms with E-state index < -0.39 is 21.7 Å². The van der Waals surface area contributed by atoms with Gasteiger partial charge >= 0.3 is 10.2 Å². The molecular weight excluding hydrogens is 620 g/mol. The van der Waals surface area contributed by atoms with Gasteiger partial charge in [-0.2, -0.15) is 8.42 Å². The van der Waals surface area contributed by atoms with Crippen LogP contribution in [0.1, 0.15) is 22.3 Å². The summed E-state index contributed by atoms with van der Waals surface area (Å²) in [6, 6.07) is 31.8. The number of benzene rings is 4. The quantitative estimate of drug-likeness (QED) is 0.148. The molecule has 0 amide bonds. The van der Waals surface area contributed by atoms with Crippen molar-refractivity contribution in [3.63, 3.8) is 0 Å². The lowest BCUT2D eigenvalue weighted by atomic mass is 10.1. The Morgan fingerprint density at radius 2 is 0.915 bits per heavy atom. The Labute approximate surface area is 274 Å². The first-order chi connectivity index (χ1) is 22.8. The van der Waals surface area contributed by atoms with Gasteiger partial charge in [0.25, 0.3) is 0 Å². The van der Waals surface area contributed by atoms with E-state index in [1.165, 1.54) is 0 Å². The molecule has 1 aliphatic rings. The average Bonchev–Trinajstić information content (AvgIpc) is 3.13. The fraction of sp³-hybridized carbons (Fsp3) is 0.222. The van der Waals surface area contributed by atoms with Crippen molar-refractivity contribution in [2.75, 3.05) is 26.4 Å². The molecule has 0 atom stereocenters. The summed E-state index contributed by atoms with van der Waals surface area (Å²) >= 11 is 0. The molecule has 11 heteroatoms. The first-order valence-electron chi connectivity index (χ1n) is 15.2. The molecule has 47 heavy (non-hydrogen) atoms. The predicted octanol–water partition coefficient (Wildman–Crippen LogP) is 5.02. The number of para-hydroxylation sites is 2. The smallest absolute Gasteiger partial charge is 0.327 e. The van der Waals surface area contributed by atoms with Gasteiger partial charge < -0.3 is 29.9 Å². The van der Waals surface area contributed by atoms with E-state index in [0.717, 1.165) is 19.7 Å². The van der Waals surface area contributed by atoms with Gasteiger partial charge in [-0.05, 0) is 59.4 Å². The summed E-state index contributed by atoms with van der Waals surface area (Å²) in [5.74, 6) is -0.459. The predicted molar refractivity (Wildman–Crippen MR) is 178 cm³/mol. The first-order valence-corrected chi connectivity index (χ1v) is 16.6. The fourth-order valence-electron chi connectivity index (χ4n) is 5.24. The second-order valence-corrected chi connectivity index (χ2v) is 12.7. The zero-order chi connectivity index (χ0) is 33.2. The number of hydrogen-bond donors (Lipinski definition) is 4. The molecule has 0 unspecified atom stereocenters. The zero-order valence-electron chi connectivity index (χ0n) is 25.8. The summed E-state index contributed by atoms with van der Waals surface area (Å²) in [4.78, 5) is 0. The van der Waals surface area contributed by atoms with Gasteiger partial charge in [0, 0.05) is 13.2 Å². The minimum absolute atomic E-state index is 0.0754. The van der Waals surface area contributed by atoms with E-state index in [2.05, 4.69) is 0 Å². The van der Waals surface area contributed by atoms with Gasteiger partial charge in [0.05, 0.1) is 13.1 Å². The summed E-state index contributed by atoms with van der Waals surface area (Å²) in [6.45, 7) is -1.34. The highest BCUT2D eigenvalue weighted by atomic mass is 32.2. The number of ether oxygens (including phenoxy) is 2. The molecule has 0 spiro atoms. The maximum atomic E-state index is 14.9. The molecule has 0 saturated heterocycles. The zero-order valence-corrected chi connectivity index (χ0v) is 26.6. The number of aliphatic hydroxyl groups excluding tert-OH is 4. The van der Waals surface area contributed by atoms with Crippen molar-refractivity contribution in [3.05, 3.63) is 154 Å². The Balaban J connectivity index is 1.62. The van der Waals surface area contributed by atoms with Crippen molar-refractivity contribution in [1.29, 1.82) is 0 Å². The molecule has 0 aliphatic carbocycles. The van der Waals surface area contributed by atoms with Gasteiger partial charge in [-0.15, -0.1) is 0 Å². The van der Waals surface area contributed by atoms with E-state index >= 15 is 0 Å². The van der Waals surface area contributed by atoms with Crippen molar-refractivity contribution >= 4 is 10.2 Å². The van der Waals surface area contributed by atoms with Crippen LogP contribution < -0.4 is 9.47 Å². The number of hydrogen-bond acceptors (Lipinski definition) is 8. The Bertz CT molecular complexity index is 1680. The summed E-state index contributed by atoms with van der Waals surface area (Å²) in [5.41, 5.74) is 2.46. The largest absolute Gasteiger partial charge is 0.503 e. The molecule has 1 aliphatic heterocycles. The third-order valence-electron chi connectivity index (χ3n) is 7.60.